The highest BCUT2D eigenvalue weighted by Gasteiger charge is 2.11. The van der Waals surface area contributed by atoms with Gasteiger partial charge in [-0.1, -0.05) is 0 Å². The van der Waals surface area contributed by atoms with Gasteiger partial charge in [0.15, 0.2) is 17.5 Å². The first-order chi connectivity index (χ1) is 14.2. The lowest BCUT2D eigenvalue weighted by molar-refractivity contribution is 0.0954. The third-order valence-electron chi connectivity index (χ3n) is 4.29. The molecule has 1 heterocycles. The molecule has 0 aliphatic carbocycles. The fraction of sp³-hybridized carbons (Fsp3) is 0.333. The molecule has 0 saturated carbocycles. The number of fused-ring (bicyclic) bond motifs is 1. The molecule has 3 N–H and O–H groups in total. The Morgan fingerprint density at radius 3 is 2.43 bits per heavy atom. The highest BCUT2D eigenvalue weighted by Crippen LogP contribution is 2.32. The van der Waals surface area contributed by atoms with Crippen LogP contribution in [0.15, 0.2) is 47.5 Å². The van der Waals surface area contributed by atoms with Crippen molar-refractivity contribution in [2.45, 2.75) is 6.42 Å². The van der Waals surface area contributed by atoms with Crippen molar-refractivity contribution in [3.63, 3.8) is 0 Å². The van der Waals surface area contributed by atoms with E-state index in [1.807, 2.05) is 18.2 Å². The zero-order valence-corrected chi connectivity index (χ0v) is 19.4. The Morgan fingerprint density at radius 1 is 1.03 bits per heavy atom. The molecule has 1 aliphatic heterocycles. The lowest BCUT2D eigenvalue weighted by atomic mass is 10.2. The number of hydrogen-bond donors (Lipinski definition) is 3. The van der Waals surface area contributed by atoms with Crippen molar-refractivity contribution >= 4 is 41.5 Å². The number of nitrogens with zero attached hydrogens (tertiary/aromatic N) is 1. The maximum absolute atomic E-state index is 12.2. The van der Waals surface area contributed by atoms with Gasteiger partial charge in [0.2, 0.25) is 0 Å². The van der Waals surface area contributed by atoms with E-state index in [-0.39, 0.29) is 29.9 Å². The quantitative estimate of drug-likeness (QED) is 0.232. The Bertz CT molecular complexity index is 859. The van der Waals surface area contributed by atoms with Gasteiger partial charge in [-0.3, -0.25) is 9.79 Å². The molecule has 30 heavy (non-hydrogen) atoms. The molecule has 0 fully saturated rings. The molecule has 1 aliphatic rings. The summed E-state index contributed by atoms with van der Waals surface area (Å²) in [6, 6.07) is 12.6. The predicted molar refractivity (Wildman–Crippen MR) is 128 cm³/mol. The highest BCUT2D eigenvalue weighted by atomic mass is 127. The number of amides is 1. The molecule has 8 nitrogen and oxygen atoms in total. The molecule has 2 aromatic carbocycles. The summed E-state index contributed by atoms with van der Waals surface area (Å²) in [7, 11) is 3.28. The maximum Gasteiger partial charge on any atom is 0.251 e. The number of guanidine groups is 1. The van der Waals surface area contributed by atoms with Gasteiger partial charge in [-0.15, -0.1) is 24.0 Å². The Hall–Kier alpha value is -2.69. The second-order valence-corrected chi connectivity index (χ2v) is 6.32. The maximum atomic E-state index is 12.2. The van der Waals surface area contributed by atoms with Crippen molar-refractivity contribution in [3.8, 4) is 17.2 Å². The van der Waals surface area contributed by atoms with Crippen molar-refractivity contribution in [1.29, 1.82) is 0 Å². The average Bonchev–Trinajstić information content (AvgIpc) is 3.00. The highest BCUT2D eigenvalue weighted by molar-refractivity contribution is 14.0. The first kappa shape index (κ1) is 23.6. The summed E-state index contributed by atoms with van der Waals surface area (Å²) in [6.45, 7) is 2.27. The number of ether oxygens (including phenoxy) is 3. The van der Waals surface area contributed by atoms with Crippen molar-refractivity contribution in [3.05, 3.63) is 48.0 Å². The van der Waals surface area contributed by atoms with E-state index in [1.165, 1.54) is 0 Å². The van der Waals surface area contributed by atoms with Crippen LogP contribution in [0.2, 0.25) is 0 Å². The van der Waals surface area contributed by atoms with Crippen LogP contribution in [0.3, 0.4) is 0 Å². The smallest absolute Gasteiger partial charge is 0.251 e. The molecule has 0 saturated heterocycles. The molecule has 3 rings (SSSR count). The summed E-state index contributed by atoms with van der Waals surface area (Å²) in [4.78, 5) is 16.4. The molecule has 0 radical (unpaired) electrons. The van der Waals surface area contributed by atoms with Gasteiger partial charge < -0.3 is 30.2 Å². The van der Waals surface area contributed by atoms with E-state index in [1.54, 1.807) is 38.4 Å². The molecular formula is C21H27IN4O4. The van der Waals surface area contributed by atoms with Crippen LogP contribution in [0.1, 0.15) is 16.8 Å². The Balaban J connectivity index is 0.00000320. The van der Waals surface area contributed by atoms with Crippen LogP contribution >= 0.6 is 24.0 Å². The monoisotopic (exact) mass is 526 g/mol. The van der Waals surface area contributed by atoms with E-state index in [4.69, 9.17) is 14.2 Å². The molecule has 1 amide bonds. The van der Waals surface area contributed by atoms with Crippen molar-refractivity contribution in [2.24, 2.45) is 4.99 Å². The van der Waals surface area contributed by atoms with Crippen LogP contribution < -0.4 is 30.2 Å². The van der Waals surface area contributed by atoms with Gasteiger partial charge in [0.25, 0.3) is 5.91 Å². The van der Waals surface area contributed by atoms with E-state index in [9.17, 15) is 4.79 Å². The first-order valence-corrected chi connectivity index (χ1v) is 9.49. The molecule has 0 spiro atoms. The second kappa shape index (κ2) is 12.1. The standard InChI is InChI=1S/C21H26N4O4.HI/c1-22-21(25-16-6-9-18-19(14-16)29-13-3-12-28-18)24-11-10-23-20(26)15-4-7-17(27-2)8-5-15;/h4-9,14H,3,10-13H2,1-2H3,(H,23,26)(H2,22,24,25);1H. The average molecular weight is 526 g/mol. The van der Waals surface area contributed by atoms with Crippen molar-refractivity contribution in [2.75, 3.05) is 45.8 Å². The Kier molecular flexibility index (Phi) is 9.52. The zero-order valence-electron chi connectivity index (χ0n) is 17.1. The Morgan fingerprint density at radius 2 is 1.73 bits per heavy atom. The number of benzene rings is 2. The number of rotatable bonds is 6. The third kappa shape index (κ3) is 6.68. The lowest BCUT2D eigenvalue weighted by Crippen LogP contribution is -2.37. The normalized spacial score (nSPS) is 12.8. The summed E-state index contributed by atoms with van der Waals surface area (Å²) in [5, 5.41) is 9.24. The van der Waals surface area contributed by atoms with E-state index >= 15 is 0 Å². The Labute approximate surface area is 193 Å². The first-order valence-electron chi connectivity index (χ1n) is 9.49. The number of anilines is 1. The molecule has 0 unspecified atom stereocenters. The summed E-state index contributed by atoms with van der Waals surface area (Å²) in [6.07, 6.45) is 0.864. The van der Waals surface area contributed by atoms with Crippen LogP contribution in [0.25, 0.3) is 0 Å². The topological polar surface area (TPSA) is 93.2 Å². The number of hydrogen-bond acceptors (Lipinski definition) is 5. The van der Waals surface area contributed by atoms with E-state index in [2.05, 4.69) is 20.9 Å². The van der Waals surface area contributed by atoms with Crippen LogP contribution in [-0.2, 0) is 0 Å². The van der Waals surface area contributed by atoms with Crippen LogP contribution in [0, 0.1) is 0 Å². The van der Waals surface area contributed by atoms with E-state index in [0.717, 1.165) is 23.6 Å². The van der Waals surface area contributed by atoms with Crippen LogP contribution in [-0.4, -0.2) is 52.3 Å². The van der Waals surface area contributed by atoms with E-state index < -0.39 is 0 Å². The molecule has 0 aromatic heterocycles. The second-order valence-electron chi connectivity index (χ2n) is 6.32. The van der Waals surface area contributed by atoms with Gasteiger partial charge in [-0.25, -0.2) is 0 Å². The zero-order chi connectivity index (χ0) is 20.5. The summed E-state index contributed by atoms with van der Waals surface area (Å²) in [5.74, 6) is 2.64. The predicted octanol–water partition coefficient (Wildman–Crippen LogP) is 2.89. The number of aliphatic imine (C=N–C) groups is 1. The molecular weight excluding hydrogens is 499 g/mol. The van der Waals surface area contributed by atoms with Crippen LogP contribution in [0.5, 0.6) is 17.2 Å². The third-order valence-corrected chi connectivity index (χ3v) is 4.29. The van der Waals surface area contributed by atoms with Gasteiger partial charge in [0.1, 0.15) is 5.75 Å². The molecule has 9 heteroatoms. The van der Waals surface area contributed by atoms with E-state index in [0.29, 0.717) is 43.6 Å². The molecule has 162 valence electrons. The van der Waals surface area contributed by atoms with Crippen molar-refractivity contribution < 1.29 is 19.0 Å². The van der Waals surface area contributed by atoms with Gasteiger partial charge in [0.05, 0.1) is 20.3 Å². The summed E-state index contributed by atoms with van der Waals surface area (Å²) < 4.78 is 16.4. The fourth-order valence-electron chi connectivity index (χ4n) is 2.76. The molecule has 0 bridgehead atoms. The van der Waals surface area contributed by atoms with Crippen LogP contribution in [0.4, 0.5) is 5.69 Å². The number of carbonyl (C=O) groups is 1. The molecule has 0 atom stereocenters. The minimum Gasteiger partial charge on any atom is -0.497 e. The number of methoxy groups -OCH3 is 1. The van der Waals surface area contributed by atoms with Gasteiger partial charge in [0, 0.05) is 43.9 Å². The van der Waals surface area contributed by atoms with Gasteiger partial charge in [-0.2, -0.15) is 0 Å². The molecule has 2 aromatic rings. The largest absolute Gasteiger partial charge is 0.497 e. The fourth-order valence-corrected chi connectivity index (χ4v) is 2.76. The summed E-state index contributed by atoms with van der Waals surface area (Å²) >= 11 is 0. The number of carbonyl (C=O) groups excluding carboxylic acids is 1. The van der Waals surface area contributed by atoms with Gasteiger partial charge >= 0.3 is 0 Å². The minimum atomic E-state index is -0.139. The SMILES string of the molecule is CN=C(NCCNC(=O)c1ccc(OC)cc1)Nc1ccc2c(c1)OCCCO2.I. The lowest BCUT2D eigenvalue weighted by Gasteiger charge is -2.14. The van der Waals surface area contributed by atoms with Crippen molar-refractivity contribution in [1.82, 2.24) is 10.6 Å². The number of nitrogens with one attached hydrogen (secondary N) is 3. The minimum absolute atomic E-state index is 0. The van der Waals surface area contributed by atoms with Gasteiger partial charge in [-0.05, 0) is 36.4 Å². The summed E-state index contributed by atoms with van der Waals surface area (Å²) in [5.41, 5.74) is 1.42. The number of halogens is 1.